The van der Waals surface area contributed by atoms with E-state index in [9.17, 15) is 29.1 Å². The minimum Gasteiger partial charge on any atom is -0.480 e. The number of fused-ring (bicyclic) bond motifs is 3. The molecule has 3 aromatic rings. The molecule has 248 valence electrons. The summed E-state index contributed by atoms with van der Waals surface area (Å²) in [6, 6.07) is 21.7. The Labute approximate surface area is 273 Å². The quantitative estimate of drug-likeness (QED) is 0.0846. The molecule has 11 nitrogen and oxygen atoms in total. The zero-order chi connectivity index (χ0) is 34.0. The number of hydrogen-bond donors (Lipinski definition) is 3. The maximum atomic E-state index is 12.9. The summed E-state index contributed by atoms with van der Waals surface area (Å²) in [5.41, 5.74) is 3.78. The predicted octanol–water partition coefficient (Wildman–Crippen LogP) is 5.86. The molecule has 1 aliphatic rings. The Morgan fingerprint density at radius 1 is 0.723 bits per heavy atom. The fraction of sp³-hybridized carbons (Fsp3) is 0.361. The molecule has 3 N–H and O–H groups in total. The zero-order valence-corrected chi connectivity index (χ0v) is 26.7. The van der Waals surface area contributed by atoms with Crippen LogP contribution in [0.2, 0.25) is 0 Å². The van der Waals surface area contributed by atoms with Crippen LogP contribution in [-0.4, -0.2) is 65.9 Å². The van der Waals surface area contributed by atoms with Gasteiger partial charge in [-0.15, -0.1) is 0 Å². The van der Waals surface area contributed by atoms with Gasteiger partial charge in [0.2, 0.25) is 0 Å². The van der Waals surface area contributed by atoms with Crippen molar-refractivity contribution in [1.29, 1.82) is 0 Å². The first-order valence-corrected chi connectivity index (χ1v) is 15.5. The van der Waals surface area contributed by atoms with E-state index in [2.05, 4.69) is 10.6 Å². The van der Waals surface area contributed by atoms with Crippen LogP contribution in [0.1, 0.15) is 73.9 Å². The molecule has 0 saturated carbocycles. The number of nitrogens with one attached hydrogen (secondary N) is 2. The molecule has 11 heteroatoms. The molecule has 0 heterocycles. The third-order valence-corrected chi connectivity index (χ3v) is 7.59. The van der Waals surface area contributed by atoms with Gasteiger partial charge in [-0.05, 0) is 55.9 Å². The number of aliphatic carboxylic acids is 1. The predicted molar refractivity (Wildman–Crippen MR) is 173 cm³/mol. The molecule has 0 spiro atoms. The number of unbranched alkanes of at least 4 members (excludes halogenated alkanes) is 1. The van der Waals surface area contributed by atoms with E-state index in [1.54, 1.807) is 51.1 Å². The Bertz CT molecular complexity index is 1540. The molecule has 0 radical (unpaired) electrons. The Hall–Kier alpha value is -5.19. The van der Waals surface area contributed by atoms with E-state index in [1.807, 2.05) is 48.5 Å². The van der Waals surface area contributed by atoms with Crippen molar-refractivity contribution >= 4 is 29.9 Å². The summed E-state index contributed by atoms with van der Waals surface area (Å²) in [5.74, 6) is -2.64. The van der Waals surface area contributed by atoms with Crippen LogP contribution in [-0.2, 0) is 23.8 Å². The minimum absolute atomic E-state index is 0.0408. The van der Waals surface area contributed by atoms with Crippen molar-refractivity contribution in [2.45, 2.75) is 70.1 Å². The second-order valence-electron chi connectivity index (χ2n) is 12.2. The van der Waals surface area contributed by atoms with Crippen molar-refractivity contribution in [2.24, 2.45) is 0 Å². The molecule has 0 saturated heterocycles. The molecule has 1 aliphatic carbocycles. The highest BCUT2D eigenvalue weighted by molar-refractivity contribution is 5.98. The van der Waals surface area contributed by atoms with Crippen LogP contribution in [0.4, 0.5) is 9.59 Å². The first kappa shape index (κ1) is 34.7. The fourth-order valence-corrected chi connectivity index (χ4v) is 5.38. The number of alkyl carbamates (subject to hydrolysis) is 2. The zero-order valence-electron chi connectivity index (χ0n) is 26.7. The molecule has 2 atom stereocenters. The largest absolute Gasteiger partial charge is 0.480 e. The number of carbonyl (C=O) groups excluding carboxylic acids is 4. The number of esters is 1. The van der Waals surface area contributed by atoms with E-state index in [4.69, 9.17) is 14.2 Å². The first-order chi connectivity index (χ1) is 22.4. The molecule has 0 aromatic heterocycles. The molecule has 0 aliphatic heterocycles. The second kappa shape index (κ2) is 15.9. The van der Waals surface area contributed by atoms with Gasteiger partial charge in [0, 0.05) is 11.5 Å². The van der Waals surface area contributed by atoms with Gasteiger partial charge < -0.3 is 30.0 Å². The van der Waals surface area contributed by atoms with Gasteiger partial charge in [0.1, 0.15) is 24.3 Å². The molecule has 2 amide bonds. The number of amides is 2. The van der Waals surface area contributed by atoms with E-state index >= 15 is 0 Å². The maximum Gasteiger partial charge on any atom is 0.408 e. The number of ketones is 1. The number of Topliss-reactive ketones (excluding diaryl/α,β-unsaturated/α-hetero) is 1. The van der Waals surface area contributed by atoms with E-state index in [-0.39, 0.29) is 31.8 Å². The van der Waals surface area contributed by atoms with Crippen molar-refractivity contribution < 1.29 is 43.3 Å². The van der Waals surface area contributed by atoms with Gasteiger partial charge >= 0.3 is 24.1 Å². The summed E-state index contributed by atoms with van der Waals surface area (Å²) in [6.07, 6.45) is -0.999. The van der Waals surface area contributed by atoms with Gasteiger partial charge in [-0.3, -0.25) is 4.79 Å². The van der Waals surface area contributed by atoms with Gasteiger partial charge in [-0.25, -0.2) is 19.2 Å². The third-order valence-electron chi connectivity index (χ3n) is 7.59. The SMILES string of the molecule is CC(C)(C)OC(=O)N[C@@H](CCCC[C@H](NC(=O)OCC1c2ccccc2-c2ccccc21)C(=O)O)C(=O)OCC(=O)c1ccccc1. The second-order valence-corrected chi connectivity index (χ2v) is 12.2. The molecular formula is C36H40N2O9. The van der Waals surface area contributed by atoms with Crippen molar-refractivity contribution in [3.8, 4) is 11.1 Å². The average molecular weight is 645 g/mol. The lowest BCUT2D eigenvalue weighted by atomic mass is 9.98. The molecule has 47 heavy (non-hydrogen) atoms. The van der Waals surface area contributed by atoms with Crippen molar-refractivity contribution in [3.63, 3.8) is 0 Å². The van der Waals surface area contributed by atoms with Crippen molar-refractivity contribution in [3.05, 3.63) is 95.6 Å². The number of hydrogen-bond acceptors (Lipinski definition) is 8. The lowest BCUT2D eigenvalue weighted by Gasteiger charge is -2.23. The Morgan fingerprint density at radius 3 is 1.83 bits per heavy atom. The summed E-state index contributed by atoms with van der Waals surface area (Å²) in [5, 5.41) is 14.7. The topological polar surface area (TPSA) is 157 Å². The van der Waals surface area contributed by atoms with Crippen LogP contribution in [0.25, 0.3) is 11.1 Å². The molecular weight excluding hydrogens is 604 g/mol. The summed E-state index contributed by atoms with van der Waals surface area (Å²) >= 11 is 0. The monoisotopic (exact) mass is 644 g/mol. The van der Waals surface area contributed by atoms with Gasteiger partial charge in [0.05, 0.1) is 0 Å². The Morgan fingerprint density at radius 2 is 1.26 bits per heavy atom. The van der Waals surface area contributed by atoms with Crippen LogP contribution in [0.5, 0.6) is 0 Å². The van der Waals surface area contributed by atoms with E-state index in [1.165, 1.54) is 0 Å². The summed E-state index contributed by atoms with van der Waals surface area (Å²) in [6.45, 7) is 4.55. The van der Waals surface area contributed by atoms with Gasteiger partial charge in [-0.1, -0.05) is 91.7 Å². The van der Waals surface area contributed by atoms with Crippen molar-refractivity contribution in [2.75, 3.05) is 13.2 Å². The standard InChI is InChI=1S/C36H40N2O9/c1-36(2,3)47-35(44)38-30(33(42)45-22-31(39)23-13-5-4-6-14-23)20-12-11-19-29(32(40)41)37-34(43)46-21-28-26-17-9-7-15-24(26)25-16-8-10-18-27(25)28/h4-10,13-18,28-30H,11-12,19-22H2,1-3H3,(H,37,43)(H,38,44)(H,40,41)/t29-,30-/m0/s1. The van der Waals surface area contributed by atoms with Crippen LogP contribution in [0.15, 0.2) is 78.9 Å². The van der Waals surface area contributed by atoms with Gasteiger partial charge in [0.25, 0.3) is 0 Å². The van der Waals surface area contributed by atoms with Crippen LogP contribution < -0.4 is 10.6 Å². The summed E-state index contributed by atoms with van der Waals surface area (Å²) in [4.78, 5) is 62.4. The normalized spacial score (nSPS) is 13.3. The first-order valence-electron chi connectivity index (χ1n) is 15.5. The highest BCUT2D eigenvalue weighted by Gasteiger charge is 2.30. The van der Waals surface area contributed by atoms with Crippen LogP contribution in [0, 0.1) is 0 Å². The molecule has 3 aromatic carbocycles. The molecule has 0 fully saturated rings. The lowest BCUT2D eigenvalue weighted by molar-refractivity contribution is -0.145. The van der Waals surface area contributed by atoms with E-state index in [0.29, 0.717) is 12.0 Å². The van der Waals surface area contributed by atoms with Crippen molar-refractivity contribution in [1.82, 2.24) is 10.6 Å². The van der Waals surface area contributed by atoms with Crippen LogP contribution >= 0.6 is 0 Å². The Balaban J connectivity index is 1.28. The maximum absolute atomic E-state index is 12.9. The highest BCUT2D eigenvalue weighted by Crippen LogP contribution is 2.44. The molecule has 0 unspecified atom stereocenters. The smallest absolute Gasteiger partial charge is 0.408 e. The third kappa shape index (κ3) is 9.90. The van der Waals surface area contributed by atoms with Gasteiger partial charge in [-0.2, -0.15) is 0 Å². The lowest BCUT2D eigenvalue weighted by Crippen LogP contribution is -2.44. The number of carboxylic acid groups (broad SMARTS) is 1. The van der Waals surface area contributed by atoms with Crippen LogP contribution in [0.3, 0.4) is 0 Å². The summed E-state index contributed by atoms with van der Waals surface area (Å²) < 4.78 is 16.0. The number of carbonyl (C=O) groups is 5. The minimum atomic E-state index is -1.24. The van der Waals surface area contributed by atoms with E-state index in [0.717, 1.165) is 22.3 Å². The summed E-state index contributed by atoms with van der Waals surface area (Å²) in [7, 11) is 0. The fourth-order valence-electron chi connectivity index (χ4n) is 5.38. The number of carboxylic acids is 1. The van der Waals surface area contributed by atoms with Gasteiger partial charge in [0.15, 0.2) is 12.4 Å². The highest BCUT2D eigenvalue weighted by atomic mass is 16.6. The number of rotatable bonds is 14. The molecule has 0 bridgehead atoms. The average Bonchev–Trinajstić information content (AvgIpc) is 3.36. The Kier molecular flexibility index (Phi) is 11.7. The number of benzene rings is 3. The van der Waals surface area contributed by atoms with E-state index < -0.39 is 54.2 Å². The molecule has 4 rings (SSSR count). The number of ether oxygens (including phenoxy) is 3.